The molecule has 5 nitrogen and oxygen atoms in total. The van der Waals surface area contributed by atoms with Crippen molar-refractivity contribution in [2.45, 2.75) is 38.6 Å². The minimum atomic E-state index is -0.0151. The summed E-state index contributed by atoms with van der Waals surface area (Å²) in [5.74, 6) is 1.90. The number of fused-ring (bicyclic) bond motifs is 1. The lowest BCUT2D eigenvalue weighted by atomic mass is 10.0. The predicted molar refractivity (Wildman–Crippen MR) is 111 cm³/mol. The minimum Gasteiger partial charge on any atom is -0.351 e. The van der Waals surface area contributed by atoms with E-state index in [0.717, 1.165) is 47.7 Å². The highest BCUT2D eigenvalue weighted by Crippen LogP contribution is 2.32. The molecule has 27 heavy (non-hydrogen) atoms. The SMILES string of the molecule is CCc1nc(N2CCCCC2CNC(=O)c2ccccc2)c2ccsc2n1. The van der Waals surface area contributed by atoms with Crippen LogP contribution in [0.3, 0.4) is 0 Å². The number of nitrogens with zero attached hydrogens (tertiary/aromatic N) is 3. The van der Waals surface area contributed by atoms with Crippen molar-refractivity contribution in [2.75, 3.05) is 18.0 Å². The molecule has 0 radical (unpaired) electrons. The number of hydrogen-bond acceptors (Lipinski definition) is 5. The number of hydrogen-bond donors (Lipinski definition) is 1. The zero-order valence-electron chi connectivity index (χ0n) is 15.5. The first kappa shape index (κ1) is 17.9. The lowest BCUT2D eigenvalue weighted by molar-refractivity contribution is 0.0949. The van der Waals surface area contributed by atoms with E-state index >= 15 is 0 Å². The van der Waals surface area contributed by atoms with E-state index in [1.54, 1.807) is 11.3 Å². The summed E-state index contributed by atoms with van der Waals surface area (Å²) >= 11 is 1.66. The van der Waals surface area contributed by atoms with Gasteiger partial charge in [0, 0.05) is 31.1 Å². The highest BCUT2D eigenvalue weighted by molar-refractivity contribution is 7.16. The maximum Gasteiger partial charge on any atom is 0.251 e. The van der Waals surface area contributed by atoms with E-state index in [-0.39, 0.29) is 11.9 Å². The van der Waals surface area contributed by atoms with Gasteiger partial charge in [0.25, 0.3) is 5.91 Å². The number of rotatable bonds is 5. The van der Waals surface area contributed by atoms with Gasteiger partial charge in [-0.25, -0.2) is 9.97 Å². The summed E-state index contributed by atoms with van der Waals surface area (Å²) in [5.41, 5.74) is 0.704. The first-order valence-corrected chi connectivity index (χ1v) is 10.5. The van der Waals surface area contributed by atoms with Gasteiger partial charge in [-0.05, 0) is 42.8 Å². The van der Waals surface area contributed by atoms with Crippen LogP contribution in [-0.2, 0) is 6.42 Å². The zero-order valence-corrected chi connectivity index (χ0v) is 16.3. The van der Waals surface area contributed by atoms with Crippen molar-refractivity contribution < 1.29 is 4.79 Å². The molecule has 4 rings (SSSR count). The average molecular weight is 381 g/mol. The van der Waals surface area contributed by atoms with Gasteiger partial charge in [0.15, 0.2) is 0 Å². The van der Waals surface area contributed by atoms with E-state index in [1.807, 2.05) is 30.3 Å². The Bertz CT molecular complexity index is 924. The van der Waals surface area contributed by atoms with Gasteiger partial charge < -0.3 is 10.2 Å². The summed E-state index contributed by atoms with van der Waals surface area (Å²) < 4.78 is 0. The molecule has 6 heteroatoms. The maximum atomic E-state index is 12.4. The largest absolute Gasteiger partial charge is 0.351 e. The number of amides is 1. The maximum absolute atomic E-state index is 12.4. The Morgan fingerprint density at radius 3 is 2.89 bits per heavy atom. The van der Waals surface area contributed by atoms with Crippen LogP contribution < -0.4 is 10.2 Å². The summed E-state index contributed by atoms with van der Waals surface area (Å²) in [6, 6.07) is 11.8. The summed E-state index contributed by atoms with van der Waals surface area (Å²) in [6.07, 6.45) is 4.22. The number of aryl methyl sites for hydroxylation is 1. The Hall–Kier alpha value is -2.47. The molecule has 1 amide bonds. The molecular formula is C21H24N4OS. The molecule has 2 aromatic heterocycles. The quantitative estimate of drug-likeness (QED) is 0.726. The molecule has 1 saturated heterocycles. The van der Waals surface area contributed by atoms with Crippen LogP contribution in [0, 0.1) is 0 Å². The molecular weight excluding hydrogens is 356 g/mol. The topological polar surface area (TPSA) is 58.1 Å². The van der Waals surface area contributed by atoms with Gasteiger partial charge >= 0.3 is 0 Å². The molecule has 1 aliphatic rings. The van der Waals surface area contributed by atoms with Crippen molar-refractivity contribution in [3.05, 3.63) is 53.2 Å². The van der Waals surface area contributed by atoms with Crippen LogP contribution in [0.2, 0.25) is 0 Å². The predicted octanol–water partition coefficient (Wildman–Crippen LogP) is 4.04. The number of benzene rings is 1. The first-order valence-electron chi connectivity index (χ1n) is 9.60. The Kier molecular flexibility index (Phi) is 5.34. The number of aromatic nitrogens is 2. The van der Waals surface area contributed by atoms with Gasteiger partial charge in [-0.1, -0.05) is 25.1 Å². The fourth-order valence-corrected chi connectivity index (χ4v) is 4.43. The summed E-state index contributed by atoms with van der Waals surface area (Å²) in [5, 5.41) is 6.32. The van der Waals surface area contributed by atoms with E-state index in [2.05, 4.69) is 33.6 Å². The van der Waals surface area contributed by atoms with Crippen molar-refractivity contribution in [3.8, 4) is 0 Å². The highest BCUT2D eigenvalue weighted by Gasteiger charge is 2.26. The van der Waals surface area contributed by atoms with E-state index < -0.39 is 0 Å². The smallest absolute Gasteiger partial charge is 0.251 e. The molecule has 140 valence electrons. The van der Waals surface area contributed by atoms with E-state index in [1.165, 1.54) is 6.42 Å². The summed E-state index contributed by atoms with van der Waals surface area (Å²) in [4.78, 5) is 25.4. The van der Waals surface area contributed by atoms with Gasteiger partial charge in [-0.3, -0.25) is 4.79 Å². The van der Waals surface area contributed by atoms with Gasteiger partial charge in [0.05, 0.1) is 5.39 Å². The van der Waals surface area contributed by atoms with Crippen LogP contribution in [0.5, 0.6) is 0 Å². The fraction of sp³-hybridized carbons (Fsp3) is 0.381. The molecule has 1 unspecified atom stereocenters. The molecule has 0 spiro atoms. The Morgan fingerprint density at radius 1 is 1.22 bits per heavy atom. The normalized spacial score (nSPS) is 17.2. The van der Waals surface area contributed by atoms with Gasteiger partial charge in [0.1, 0.15) is 16.5 Å². The van der Waals surface area contributed by atoms with Crippen LogP contribution in [-0.4, -0.2) is 35.0 Å². The van der Waals surface area contributed by atoms with Crippen molar-refractivity contribution in [2.24, 2.45) is 0 Å². The molecule has 1 aromatic carbocycles. The van der Waals surface area contributed by atoms with Crippen molar-refractivity contribution in [3.63, 3.8) is 0 Å². The molecule has 3 heterocycles. The second-order valence-corrected chi connectivity index (χ2v) is 7.77. The monoisotopic (exact) mass is 380 g/mol. The van der Waals surface area contributed by atoms with Crippen molar-refractivity contribution in [1.29, 1.82) is 0 Å². The second-order valence-electron chi connectivity index (χ2n) is 6.88. The molecule has 1 atom stereocenters. The Balaban J connectivity index is 1.56. The molecule has 0 saturated carbocycles. The third-order valence-corrected chi connectivity index (χ3v) is 5.91. The van der Waals surface area contributed by atoms with Crippen LogP contribution in [0.1, 0.15) is 42.4 Å². The van der Waals surface area contributed by atoms with Gasteiger partial charge in [0.2, 0.25) is 0 Å². The molecule has 3 aromatic rings. The average Bonchev–Trinajstić information content (AvgIpc) is 3.21. The van der Waals surface area contributed by atoms with E-state index in [0.29, 0.717) is 12.1 Å². The van der Waals surface area contributed by atoms with Crippen molar-refractivity contribution in [1.82, 2.24) is 15.3 Å². The summed E-state index contributed by atoms with van der Waals surface area (Å²) in [7, 11) is 0. The number of thiophene rings is 1. The minimum absolute atomic E-state index is 0.0151. The number of carbonyl (C=O) groups excluding carboxylic acids is 1. The first-order chi connectivity index (χ1) is 13.3. The van der Waals surface area contributed by atoms with Gasteiger partial charge in [-0.2, -0.15) is 0 Å². The highest BCUT2D eigenvalue weighted by atomic mass is 32.1. The number of anilines is 1. The number of piperidine rings is 1. The summed E-state index contributed by atoms with van der Waals surface area (Å²) in [6.45, 7) is 3.69. The van der Waals surface area contributed by atoms with Gasteiger partial charge in [-0.15, -0.1) is 11.3 Å². The molecule has 1 N–H and O–H groups in total. The van der Waals surface area contributed by atoms with E-state index in [9.17, 15) is 4.79 Å². The molecule has 1 aliphatic heterocycles. The fourth-order valence-electron chi connectivity index (χ4n) is 3.65. The molecule has 0 aliphatic carbocycles. The van der Waals surface area contributed by atoms with Crippen LogP contribution in [0.4, 0.5) is 5.82 Å². The van der Waals surface area contributed by atoms with E-state index in [4.69, 9.17) is 4.98 Å². The number of carbonyl (C=O) groups is 1. The lowest BCUT2D eigenvalue weighted by Crippen LogP contribution is -2.47. The molecule has 0 bridgehead atoms. The Labute approximate surface area is 163 Å². The lowest BCUT2D eigenvalue weighted by Gasteiger charge is -2.37. The standard InChI is InChI=1S/C21H24N4OS/c1-2-18-23-19(17-11-13-27-21(17)24-18)25-12-7-6-10-16(25)14-22-20(26)15-8-4-3-5-9-15/h3-5,8-9,11,13,16H,2,6-7,10,12,14H2,1H3,(H,22,26). The Morgan fingerprint density at radius 2 is 2.07 bits per heavy atom. The second kappa shape index (κ2) is 8.05. The third kappa shape index (κ3) is 3.81. The third-order valence-electron chi connectivity index (χ3n) is 5.10. The zero-order chi connectivity index (χ0) is 18.6. The molecule has 1 fully saturated rings. The van der Waals surface area contributed by atoms with Crippen LogP contribution in [0.15, 0.2) is 41.8 Å². The number of nitrogens with one attached hydrogen (secondary N) is 1. The van der Waals surface area contributed by atoms with Crippen LogP contribution in [0.25, 0.3) is 10.2 Å². The van der Waals surface area contributed by atoms with Crippen LogP contribution >= 0.6 is 11.3 Å². The van der Waals surface area contributed by atoms with Crippen molar-refractivity contribution >= 4 is 33.3 Å².